The lowest BCUT2D eigenvalue weighted by molar-refractivity contribution is -0.150. The molecule has 66 heavy (non-hydrogen) atoms. The summed E-state index contributed by atoms with van der Waals surface area (Å²) in [5.41, 5.74) is 1.68. The molecule has 10 heteroatoms. The number of benzene rings is 2. The smallest absolute Gasteiger partial charge is 0.312 e. The molecule has 10 nitrogen and oxygen atoms in total. The Labute approximate surface area is 400 Å². The summed E-state index contributed by atoms with van der Waals surface area (Å²) in [5, 5.41) is 0. The number of carbonyl (C=O) groups excluding carboxylic acids is 4. The SMILES string of the molecule is CCCCCCCCC(CCCCCC)OC(=O)Cc1ccc(OC(=O)CCN2CCN(CCC(=O)Oc3ccc(CC(=O)OC(CCCCCC)CCCCCCCC)cc3)CC2)cc1. The molecule has 372 valence electrons. The summed E-state index contributed by atoms with van der Waals surface area (Å²) in [4.78, 5) is 55.8. The second-order valence-corrected chi connectivity index (χ2v) is 18.8. The maximum Gasteiger partial charge on any atom is 0.312 e. The van der Waals surface area contributed by atoms with E-state index >= 15 is 0 Å². The van der Waals surface area contributed by atoms with Crippen molar-refractivity contribution in [2.24, 2.45) is 0 Å². The van der Waals surface area contributed by atoms with E-state index in [1.807, 2.05) is 24.3 Å². The molecule has 0 radical (unpaired) electrons. The van der Waals surface area contributed by atoms with Crippen molar-refractivity contribution in [2.75, 3.05) is 39.3 Å². The van der Waals surface area contributed by atoms with Crippen LogP contribution in [0.3, 0.4) is 0 Å². The van der Waals surface area contributed by atoms with E-state index in [9.17, 15) is 19.2 Å². The van der Waals surface area contributed by atoms with E-state index in [1.165, 1.54) is 103 Å². The van der Waals surface area contributed by atoms with Gasteiger partial charge in [0.1, 0.15) is 23.7 Å². The Morgan fingerprint density at radius 3 is 1.02 bits per heavy atom. The van der Waals surface area contributed by atoms with Crippen molar-refractivity contribution in [2.45, 2.75) is 220 Å². The Kier molecular flexibility index (Phi) is 31.1. The quantitative estimate of drug-likeness (QED) is 0.0367. The minimum absolute atomic E-state index is 0.0164. The molecule has 2 aromatic rings. The highest BCUT2D eigenvalue weighted by Gasteiger charge is 2.21. The molecule has 1 saturated heterocycles. The van der Waals surface area contributed by atoms with Gasteiger partial charge >= 0.3 is 23.9 Å². The molecule has 1 aliphatic heterocycles. The van der Waals surface area contributed by atoms with Crippen LogP contribution in [-0.2, 0) is 41.5 Å². The van der Waals surface area contributed by atoms with Crippen molar-refractivity contribution in [3.05, 3.63) is 59.7 Å². The number of nitrogens with zero attached hydrogens (tertiary/aromatic N) is 2. The third kappa shape index (κ3) is 27.2. The normalized spacial score (nSPS) is 14.1. The summed E-state index contributed by atoms with van der Waals surface area (Å²) in [6.45, 7) is 13.3. The van der Waals surface area contributed by atoms with Crippen LogP contribution in [0, 0.1) is 0 Å². The third-order valence-electron chi connectivity index (χ3n) is 12.9. The van der Waals surface area contributed by atoms with Crippen molar-refractivity contribution >= 4 is 23.9 Å². The van der Waals surface area contributed by atoms with Gasteiger partial charge in [0.25, 0.3) is 0 Å². The van der Waals surface area contributed by atoms with E-state index in [4.69, 9.17) is 18.9 Å². The summed E-state index contributed by atoms with van der Waals surface area (Å²) in [6.07, 6.45) is 28.7. The van der Waals surface area contributed by atoms with Crippen molar-refractivity contribution in [3.8, 4) is 11.5 Å². The van der Waals surface area contributed by atoms with Gasteiger partial charge in [-0.15, -0.1) is 0 Å². The standard InChI is InChI=1S/C56H90N2O8/c1-5-9-13-17-19-23-27-49(25-21-15-11-7-3)65-55(61)45-47-29-33-51(34-30-47)63-53(59)37-39-57-41-43-58(44-42-57)40-38-54(60)64-52-35-31-48(32-36-52)46-56(62)66-50(26-22-16-12-8-4)28-24-20-18-14-10-6-2/h29-36,49-50H,5-28,37-46H2,1-4H3. The monoisotopic (exact) mass is 919 g/mol. The highest BCUT2D eigenvalue weighted by Crippen LogP contribution is 2.21. The van der Waals surface area contributed by atoms with Crippen LogP contribution in [0.15, 0.2) is 48.5 Å². The van der Waals surface area contributed by atoms with Gasteiger partial charge in [-0.2, -0.15) is 0 Å². The Hall–Kier alpha value is -3.76. The zero-order valence-corrected chi connectivity index (χ0v) is 42.0. The minimum atomic E-state index is -0.290. The number of esters is 4. The van der Waals surface area contributed by atoms with Crippen LogP contribution in [-0.4, -0.2) is 85.2 Å². The molecular weight excluding hydrogens is 829 g/mol. The van der Waals surface area contributed by atoms with Crippen LogP contribution in [0.25, 0.3) is 0 Å². The Morgan fingerprint density at radius 2 is 0.697 bits per heavy atom. The molecule has 0 N–H and O–H groups in total. The van der Waals surface area contributed by atoms with Crippen LogP contribution >= 0.6 is 0 Å². The van der Waals surface area contributed by atoms with E-state index in [1.54, 1.807) is 24.3 Å². The van der Waals surface area contributed by atoms with Gasteiger partial charge in [0.15, 0.2) is 0 Å². The minimum Gasteiger partial charge on any atom is -0.462 e. The number of ether oxygens (including phenoxy) is 4. The first kappa shape index (κ1) is 56.6. The second kappa shape index (κ2) is 36.3. The fourth-order valence-electron chi connectivity index (χ4n) is 8.67. The lowest BCUT2D eigenvalue weighted by Gasteiger charge is -2.34. The van der Waals surface area contributed by atoms with Crippen LogP contribution in [0.2, 0.25) is 0 Å². The van der Waals surface area contributed by atoms with Gasteiger partial charge in [0, 0.05) is 39.3 Å². The number of hydrogen-bond donors (Lipinski definition) is 0. The van der Waals surface area contributed by atoms with E-state index in [0.29, 0.717) is 24.6 Å². The molecule has 2 aromatic carbocycles. The molecule has 0 amide bonds. The first-order valence-corrected chi connectivity index (χ1v) is 26.6. The summed E-state index contributed by atoms with van der Waals surface area (Å²) in [6, 6.07) is 14.3. The molecule has 3 rings (SSSR count). The van der Waals surface area contributed by atoms with Crippen LogP contribution in [0.1, 0.15) is 206 Å². The van der Waals surface area contributed by atoms with Crippen LogP contribution < -0.4 is 9.47 Å². The Morgan fingerprint density at radius 1 is 0.409 bits per heavy atom. The third-order valence-corrected chi connectivity index (χ3v) is 12.9. The summed E-state index contributed by atoms with van der Waals surface area (Å²) < 4.78 is 23.2. The summed E-state index contributed by atoms with van der Waals surface area (Å²) in [7, 11) is 0. The molecule has 2 atom stereocenters. The van der Waals surface area contributed by atoms with Crippen molar-refractivity contribution in [1.29, 1.82) is 0 Å². The Bertz CT molecular complexity index is 1460. The van der Waals surface area contributed by atoms with E-state index in [2.05, 4.69) is 37.5 Å². The highest BCUT2D eigenvalue weighted by atomic mass is 16.6. The van der Waals surface area contributed by atoms with Crippen LogP contribution in [0.5, 0.6) is 11.5 Å². The van der Waals surface area contributed by atoms with Gasteiger partial charge in [0.2, 0.25) is 0 Å². The van der Waals surface area contributed by atoms with Gasteiger partial charge in [0.05, 0.1) is 25.7 Å². The van der Waals surface area contributed by atoms with Gasteiger partial charge in [-0.05, 0) is 86.8 Å². The summed E-state index contributed by atoms with van der Waals surface area (Å²) >= 11 is 0. The number of piperazine rings is 1. The molecule has 0 aliphatic carbocycles. The molecular formula is C56H90N2O8. The van der Waals surface area contributed by atoms with Crippen LogP contribution in [0.4, 0.5) is 0 Å². The fourth-order valence-corrected chi connectivity index (χ4v) is 8.67. The second-order valence-electron chi connectivity index (χ2n) is 18.8. The molecule has 1 aliphatic rings. The topological polar surface area (TPSA) is 112 Å². The van der Waals surface area contributed by atoms with Crippen molar-refractivity contribution in [1.82, 2.24) is 9.80 Å². The summed E-state index contributed by atoms with van der Waals surface area (Å²) in [5.74, 6) is -0.0311. The lowest BCUT2D eigenvalue weighted by Crippen LogP contribution is -2.47. The zero-order chi connectivity index (χ0) is 47.5. The van der Waals surface area contributed by atoms with Gasteiger partial charge in [-0.25, -0.2) is 0 Å². The van der Waals surface area contributed by atoms with Gasteiger partial charge in [-0.3, -0.25) is 19.2 Å². The van der Waals surface area contributed by atoms with Gasteiger partial charge in [-0.1, -0.05) is 155 Å². The molecule has 0 saturated carbocycles. The first-order chi connectivity index (χ1) is 32.2. The maximum atomic E-state index is 12.9. The zero-order valence-electron chi connectivity index (χ0n) is 42.0. The predicted molar refractivity (Wildman–Crippen MR) is 267 cm³/mol. The van der Waals surface area contributed by atoms with E-state index in [-0.39, 0.29) is 61.8 Å². The number of rotatable bonds is 38. The number of carbonyl (C=O) groups is 4. The van der Waals surface area contributed by atoms with Crippen molar-refractivity contribution in [3.63, 3.8) is 0 Å². The van der Waals surface area contributed by atoms with Crippen molar-refractivity contribution < 1.29 is 38.1 Å². The average molecular weight is 919 g/mol. The van der Waals surface area contributed by atoms with Gasteiger partial charge < -0.3 is 28.7 Å². The molecule has 0 aromatic heterocycles. The molecule has 1 fully saturated rings. The van der Waals surface area contributed by atoms with E-state index < -0.39 is 0 Å². The fraction of sp³-hybridized carbons (Fsp3) is 0.714. The first-order valence-electron chi connectivity index (χ1n) is 26.6. The maximum absolute atomic E-state index is 12.9. The largest absolute Gasteiger partial charge is 0.462 e. The lowest BCUT2D eigenvalue weighted by atomic mass is 10.0. The highest BCUT2D eigenvalue weighted by molar-refractivity contribution is 5.75. The molecule has 2 unspecified atom stereocenters. The number of unbranched alkanes of at least 4 members (excludes halogenated alkanes) is 16. The predicted octanol–water partition coefficient (Wildman–Crippen LogP) is 12.9. The average Bonchev–Trinajstić information content (AvgIpc) is 3.31. The number of hydrogen-bond acceptors (Lipinski definition) is 10. The Balaban J connectivity index is 1.29. The molecule has 0 spiro atoms. The molecule has 0 bridgehead atoms. The van der Waals surface area contributed by atoms with E-state index in [0.717, 1.165) is 88.7 Å². The molecule has 1 heterocycles.